The lowest BCUT2D eigenvalue weighted by atomic mass is 10.0. The fourth-order valence-corrected chi connectivity index (χ4v) is 3.77. The fraction of sp³-hybridized carbons (Fsp3) is 0.609. The number of hydrogen-bond acceptors (Lipinski definition) is 4. The molecule has 0 radical (unpaired) electrons. The van der Waals surface area contributed by atoms with Crippen LogP contribution >= 0.6 is 0 Å². The van der Waals surface area contributed by atoms with Gasteiger partial charge in [0.15, 0.2) is 0 Å². The quantitative estimate of drug-likeness (QED) is 0.537. The number of fused-ring (bicyclic) bond motifs is 3. The molecule has 8 nitrogen and oxygen atoms in total. The third-order valence-corrected chi connectivity index (χ3v) is 5.40. The second-order valence-corrected chi connectivity index (χ2v) is 8.45. The molecule has 0 saturated heterocycles. The molecule has 31 heavy (non-hydrogen) atoms. The average molecular weight is 430 g/mol. The first kappa shape index (κ1) is 23.1. The molecule has 8 heteroatoms. The number of unbranched alkanes of at least 4 members (excludes halogenated alkanes) is 1. The van der Waals surface area contributed by atoms with Crippen molar-refractivity contribution in [3.05, 3.63) is 24.3 Å². The zero-order chi connectivity index (χ0) is 22.2. The van der Waals surface area contributed by atoms with Gasteiger partial charge in [-0.3, -0.25) is 9.69 Å². The van der Waals surface area contributed by atoms with Crippen LogP contribution in [-0.4, -0.2) is 53.8 Å². The molecule has 0 saturated carbocycles. The van der Waals surface area contributed by atoms with Gasteiger partial charge < -0.3 is 19.9 Å². The second kappa shape index (κ2) is 11.1. The highest BCUT2D eigenvalue weighted by Gasteiger charge is 2.31. The number of amides is 3. The van der Waals surface area contributed by atoms with E-state index in [-0.39, 0.29) is 17.9 Å². The monoisotopic (exact) mass is 429 g/mol. The van der Waals surface area contributed by atoms with Gasteiger partial charge >= 0.3 is 6.03 Å². The van der Waals surface area contributed by atoms with Crippen LogP contribution in [0.4, 0.5) is 10.7 Å². The molecule has 0 fully saturated rings. The predicted octanol–water partition coefficient (Wildman–Crippen LogP) is 3.30. The lowest BCUT2D eigenvalue weighted by Gasteiger charge is -2.23. The van der Waals surface area contributed by atoms with Crippen molar-refractivity contribution in [3.63, 3.8) is 0 Å². The number of ether oxygens (including phenoxy) is 1. The molecule has 1 aromatic carbocycles. The Morgan fingerprint density at radius 2 is 1.94 bits per heavy atom. The first-order chi connectivity index (χ1) is 15.0. The maximum Gasteiger partial charge on any atom is 0.324 e. The van der Waals surface area contributed by atoms with Gasteiger partial charge in [0.2, 0.25) is 11.9 Å². The van der Waals surface area contributed by atoms with Crippen molar-refractivity contribution in [2.75, 3.05) is 31.2 Å². The van der Waals surface area contributed by atoms with Gasteiger partial charge in [-0.05, 0) is 37.3 Å². The highest BCUT2D eigenvalue weighted by atomic mass is 16.5. The van der Waals surface area contributed by atoms with Crippen molar-refractivity contribution in [3.8, 4) is 0 Å². The Kier molecular flexibility index (Phi) is 8.28. The highest BCUT2D eigenvalue weighted by molar-refractivity contribution is 5.96. The largest absolute Gasteiger partial charge is 0.381 e. The highest BCUT2D eigenvalue weighted by Crippen LogP contribution is 2.27. The van der Waals surface area contributed by atoms with Crippen LogP contribution in [0.25, 0.3) is 11.0 Å². The molecule has 0 bridgehead atoms. The minimum atomic E-state index is -0.577. The summed E-state index contributed by atoms with van der Waals surface area (Å²) >= 11 is 0. The second-order valence-electron chi connectivity index (χ2n) is 8.45. The van der Waals surface area contributed by atoms with Gasteiger partial charge in [-0.1, -0.05) is 39.3 Å². The van der Waals surface area contributed by atoms with Crippen molar-refractivity contribution >= 4 is 28.9 Å². The summed E-state index contributed by atoms with van der Waals surface area (Å²) in [5.41, 5.74) is 1.89. The summed E-state index contributed by atoms with van der Waals surface area (Å²) in [7, 11) is 0. The van der Waals surface area contributed by atoms with Crippen LogP contribution in [0.1, 0.15) is 46.5 Å². The molecule has 3 amide bonds. The molecule has 1 aliphatic rings. The number of rotatable bonds is 11. The number of hydrogen-bond donors (Lipinski definition) is 2. The van der Waals surface area contributed by atoms with Crippen LogP contribution < -0.4 is 15.5 Å². The van der Waals surface area contributed by atoms with Gasteiger partial charge in [0.1, 0.15) is 6.04 Å². The van der Waals surface area contributed by atoms with Crippen molar-refractivity contribution in [2.24, 2.45) is 5.92 Å². The minimum Gasteiger partial charge on any atom is -0.381 e. The van der Waals surface area contributed by atoms with Crippen LogP contribution in [0.2, 0.25) is 0 Å². The van der Waals surface area contributed by atoms with E-state index in [1.165, 1.54) is 0 Å². The molecular formula is C23H35N5O3. The molecule has 1 atom stereocenters. The van der Waals surface area contributed by atoms with Crippen molar-refractivity contribution in [1.82, 2.24) is 20.2 Å². The van der Waals surface area contributed by atoms with Crippen LogP contribution in [0.5, 0.6) is 0 Å². The van der Waals surface area contributed by atoms with Crippen LogP contribution in [0.15, 0.2) is 24.3 Å². The van der Waals surface area contributed by atoms with E-state index in [1.54, 1.807) is 4.90 Å². The van der Waals surface area contributed by atoms with Crippen LogP contribution in [-0.2, 0) is 16.1 Å². The van der Waals surface area contributed by atoms with Crippen molar-refractivity contribution < 1.29 is 14.3 Å². The summed E-state index contributed by atoms with van der Waals surface area (Å²) in [4.78, 5) is 32.0. The predicted molar refractivity (Wildman–Crippen MR) is 122 cm³/mol. The van der Waals surface area contributed by atoms with Crippen molar-refractivity contribution in [2.45, 2.75) is 59.0 Å². The molecular weight excluding hydrogens is 394 g/mol. The Hall–Kier alpha value is -2.61. The molecule has 2 N–H and O–H groups in total. The van der Waals surface area contributed by atoms with E-state index in [0.717, 1.165) is 36.9 Å². The van der Waals surface area contributed by atoms with E-state index >= 15 is 0 Å². The summed E-state index contributed by atoms with van der Waals surface area (Å²) in [5.74, 6) is 0.756. The van der Waals surface area contributed by atoms with Gasteiger partial charge in [0.25, 0.3) is 0 Å². The van der Waals surface area contributed by atoms with E-state index in [2.05, 4.69) is 22.5 Å². The average Bonchev–Trinajstić information content (AvgIpc) is 3.31. The van der Waals surface area contributed by atoms with E-state index in [4.69, 9.17) is 4.74 Å². The number of carbonyl (C=O) groups excluding carboxylic acids is 2. The first-order valence-corrected chi connectivity index (χ1v) is 11.4. The fourth-order valence-electron chi connectivity index (χ4n) is 3.77. The summed E-state index contributed by atoms with van der Waals surface area (Å²) < 4.78 is 7.58. The lowest BCUT2D eigenvalue weighted by molar-refractivity contribution is -0.123. The topological polar surface area (TPSA) is 88.5 Å². The minimum absolute atomic E-state index is 0.150. The van der Waals surface area contributed by atoms with Gasteiger partial charge in [0, 0.05) is 32.8 Å². The molecule has 2 heterocycles. The molecule has 1 aromatic heterocycles. The Balaban J connectivity index is 1.56. The molecule has 2 aromatic rings. The number of aromatic nitrogens is 2. The smallest absolute Gasteiger partial charge is 0.324 e. The number of para-hydroxylation sites is 2. The van der Waals surface area contributed by atoms with Crippen LogP contribution in [0.3, 0.4) is 0 Å². The molecule has 3 rings (SSSR count). The Bertz CT molecular complexity index is 879. The normalized spacial score (nSPS) is 14.1. The Labute approximate surface area is 184 Å². The summed E-state index contributed by atoms with van der Waals surface area (Å²) in [6.45, 7) is 9.39. The SMILES string of the molecule is CCCCOCCCNC(=O)[C@H](CC(C)C)NC(=O)N1CCn2c1nc1ccccc12. The van der Waals surface area contributed by atoms with Crippen molar-refractivity contribution in [1.29, 1.82) is 0 Å². The number of carbonyl (C=O) groups is 2. The zero-order valence-electron chi connectivity index (χ0n) is 18.9. The number of benzene rings is 1. The van der Waals surface area contributed by atoms with E-state index < -0.39 is 6.04 Å². The molecule has 0 aliphatic carbocycles. The number of imidazole rings is 1. The summed E-state index contributed by atoms with van der Waals surface area (Å²) in [6.07, 6.45) is 3.50. The van der Waals surface area contributed by atoms with Gasteiger partial charge in [-0.25, -0.2) is 9.78 Å². The van der Waals surface area contributed by atoms with Gasteiger partial charge in [-0.2, -0.15) is 0 Å². The van der Waals surface area contributed by atoms with Gasteiger partial charge in [0.05, 0.1) is 11.0 Å². The standard InChI is InChI=1S/C23H35N5O3/c1-4-5-14-31-15-8-11-24-21(29)19(16-17(2)3)26-23(30)28-13-12-27-20-10-7-6-9-18(20)25-22(27)28/h6-7,9-10,17,19H,4-5,8,11-16H2,1-3H3,(H,24,29)(H,26,30)/t19-/m0/s1. The Morgan fingerprint density at radius 3 is 2.71 bits per heavy atom. The third-order valence-electron chi connectivity index (χ3n) is 5.40. The molecule has 1 aliphatic heterocycles. The summed E-state index contributed by atoms with van der Waals surface area (Å²) in [5, 5.41) is 5.88. The zero-order valence-corrected chi connectivity index (χ0v) is 18.9. The number of nitrogens with zero attached hydrogens (tertiary/aromatic N) is 3. The maximum atomic E-state index is 13.0. The number of anilines is 1. The van der Waals surface area contributed by atoms with E-state index in [9.17, 15) is 9.59 Å². The molecule has 0 unspecified atom stereocenters. The first-order valence-electron chi connectivity index (χ1n) is 11.4. The third kappa shape index (κ3) is 5.97. The summed E-state index contributed by atoms with van der Waals surface area (Å²) in [6, 6.07) is 7.00. The molecule has 0 spiro atoms. The van der Waals surface area contributed by atoms with Crippen LogP contribution in [0, 0.1) is 5.92 Å². The number of nitrogens with one attached hydrogen (secondary N) is 2. The number of urea groups is 1. The Morgan fingerprint density at radius 1 is 1.16 bits per heavy atom. The van der Waals surface area contributed by atoms with E-state index in [0.29, 0.717) is 38.6 Å². The van der Waals surface area contributed by atoms with E-state index in [1.807, 2.05) is 42.7 Å². The maximum absolute atomic E-state index is 13.0. The molecule has 170 valence electrons. The van der Waals surface area contributed by atoms with Gasteiger partial charge in [-0.15, -0.1) is 0 Å². The lowest BCUT2D eigenvalue weighted by Crippen LogP contribution is -2.51.